The topological polar surface area (TPSA) is 34.1 Å². The third-order valence-corrected chi connectivity index (χ3v) is 4.23. The molecule has 0 aromatic heterocycles. The van der Waals surface area contributed by atoms with Gasteiger partial charge in [-0.1, -0.05) is 12.1 Å². The van der Waals surface area contributed by atoms with Crippen molar-refractivity contribution in [2.75, 3.05) is 0 Å². The van der Waals surface area contributed by atoms with E-state index < -0.39 is 56.1 Å². The fraction of sp³-hybridized carbons (Fsp3) is 0.0667. The van der Waals surface area contributed by atoms with Crippen molar-refractivity contribution in [3.63, 3.8) is 0 Å². The highest BCUT2D eigenvalue weighted by Crippen LogP contribution is 2.25. The maximum atomic E-state index is 13.5. The van der Waals surface area contributed by atoms with Gasteiger partial charge in [0.1, 0.15) is 5.82 Å². The summed E-state index contributed by atoms with van der Waals surface area (Å²) in [5, 5.41) is 0.540. The van der Waals surface area contributed by atoms with Crippen LogP contribution in [0, 0.1) is 34.9 Å². The van der Waals surface area contributed by atoms with Crippen LogP contribution in [0.25, 0.3) is 6.08 Å². The Hall–Kier alpha value is -2.29. The van der Waals surface area contributed by atoms with E-state index in [1.54, 1.807) is 0 Å². The lowest BCUT2D eigenvalue weighted by Gasteiger charge is -2.07. The summed E-state index contributed by atoms with van der Waals surface area (Å²) < 4.78 is 102. The van der Waals surface area contributed by atoms with Crippen LogP contribution in [-0.2, 0) is 15.6 Å². The molecule has 0 N–H and O–H groups in total. The number of halogens is 6. The normalized spacial score (nSPS) is 12.1. The zero-order valence-electron chi connectivity index (χ0n) is 11.7. The molecule has 0 fully saturated rings. The fourth-order valence-electron chi connectivity index (χ4n) is 1.78. The van der Waals surface area contributed by atoms with Crippen LogP contribution >= 0.6 is 0 Å². The average molecular weight is 366 g/mol. The number of sulfone groups is 1. The van der Waals surface area contributed by atoms with E-state index in [9.17, 15) is 34.8 Å². The molecule has 24 heavy (non-hydrogen) atoms. The van der Waals surface area contributed by atoms with Crippen molar-refractivity contribution in [1.82, 2.24) is 0 Å². The molecule has 128 valence electrons. The molecule has 0 saturated carbocycles. The van der Waals surface area contributed by atoms with Crippen LogP contribution in [0.15, 0.2) is 29.7 Å². The van der Waals surface area contributed by atoms with Crippen LogP contribution in [0.2, 0.25) is 0 Å². The lowest BCUT2D eigenvalue weighted by atomic mass is 10.2. The molecule has 0 bridgehead atoms. The highest BCUT2D eigenvalue weighted by atomic mass is 32.2. The Morgan fingerprint density at radius 1 is 0.750 bits per heavy atom. The van der Waals surface area contributed by atoms with Gasteiger partial charge in [-0.05, 0) is 23.8 Å². The molecule has 0 atom stereocenters. The second-order valence-corrected chi connectivity index (χ2v) is 6.60. The van der Waals surface area contributed by atoms with Gasteiger partial charge in [0.25, 0.3) is 0 Å². The Kier molecular flexibility index (Phi) is 5.02. The van der Waals surface area contributed by atoms with Gasteiger partial charge in [-0.2, -0.15) is 0 Å². The Bertz CT molecular complexity index is 876. The molecular formula is C15H8F6O2S. The Labute approximate surface area is 133 Å². The minimum absolute atomic E-state index is 0.261. The van der Waals surface area contributed by atoms with E-state index in [-0.39, 0.29) is 5.56 Å². The summed E-state index contributed by atoms with van der Waals surface area (Å²) in [4.78, 5) is 0. The lowest BCUT2D eigenvalue weighted by molar-refractivity contribution is 0.372. The molecule has 2 nitrogen and oxygen atoms in total. The number of hydrogen-bond acceptors (Lipinski definition) is 2. The molecule has 0 aliphatic rings. The largest absolute Gasteiger partial charge is 0.224 e. The number of rotatable bonds is 4. The predicted molar refractivity (Wildman–Crippen MR) is 74.3 cm³/mol. The van der Waals surface area contributed by atoms with Crippen molar-refractivity contribution in [3.8, 4) is 0 Å². The van der Waals surface area contributed by atoms with Crippen molar-refractivity contribution in [2.24, 2.45) is 0 Å². The van der Waals surface area contributed by atoms with Crippen molar-refractivity contribution in [1.29, 1.82) is 0 Å². The van der Waals surface area contributed by atoms with Crippen molar-refractivity contribution in [3.05, 3.63) is 75.7 Å². The molecule has 0 aliphatic carbocycles. The molecule has 0 radical (unpaired) electrons. The summed E-state index contributed by atoms with van der Waals surface area (Å²) >= 11 is 0. The van der Waals surface area contributed by atoms with E-state index in [1.165, 1.54) is 12.1 Å². The molecule has 0 heterocycles. The monoisotopic (exact) mass is 366 g/mol. The first-order chi connectivity index (χ1) is 11.1. The van der Waals surface area contributed by atoms with E-state index >= 15 is 0 Å². The molecule has 2 aromatic carbocycles. The molecule has 0 aliphatic heterocycles. The van der Waals surface area contributed by atoms with Crippen molar-refractivity contribution < 1.29 is 34.8 Å². The number of benzene rings is 2. The first kappa shape index (κ1) is 18.1. The van der Waals surface area contributed by atoms with Gasteiger partial charge in [-0.3, -0.25) is 0 Å². The standard InChI is InChI=1S/C15H8F6O2S/c16-9-3-1-8(2-4-9)5-6-24(22,23)7-10-11(17)13(19)15(21)14(20)12(10)18/h1-6H,7H2. The summed E-state index contributed by atoms with van der Waals surface area (Å²) in [6, 6.07) is 4.58. The lowest BCUT2D eigenvalue weighted by Crippen LogP contribution is -2.11. The summed E-state index contributed by atoms with van der Waals surface area (Å²) in [5.74, 6) is -13.2. The minimum atomic E-state index is -4.34. The highest BCUT2D eigenvalue weighted by molar-refractivity contribution is 7.93. The van der Waals surface area contributed by atoms with Gasteiger partial charge in [0.2, 0.25) is 5.82 Å². The van der Waals surface area contributed by atoms with Crippen LogP contribution in [0.3, 0.4) is 0 Å². The summed E-state index contributed by atoms with van der Waals surface area (Å²) in [5.41, 5.74) is -1.19. The van der Waals surface area contributed by atoms with Gasteiger partial charge in [0, 0.05) is 11.0 Å². The summed E-state index contributed by atoms with van der Waals surface area (Å²) in [7, 11) is -4.34. The van der Waals surface area contributed by atoms with Crippen LogP contribution in [0.5, 0.6) is 0 Å². The zero-order chi connectivity index (χ0) is 18.1. The average Bonchev–Trinajstić information content (AvgIpc) is 2.55. The third-order valence-electron chi connectivity index (χ3n) is 2.98. The quantitative estimate of drug-likeness (QED) is 0.464. The summed E-state index contributed by atoms with van der Waals surface area (Å²) in [6.45, 7) is 0. The first-order valence-electron chi connectivity index (χ1n) is 6.29. The van der Waals surface area contributed by atoms with E-state index in [0.29, 0.717) is 5.41 Å². The van der Waals surface area contributed by atoms with Crippen molar-refractivity contribution in [2.45, 2.75) is 5.75 Å². The second-order valence-electron chi connectivity index (χ2n) is 4.71. The number of hydrogen-bond donors (Lipinski definition) is 0. The molecule has 0 saturated heterocycles. The Balaban J connectivity index is 2.35. The smallest absolute Gasteiger partial charge is 0.200 e. The van der Waals surface area contributed by atoms with Gasteiger partial charge >= 0.3 is 0 Å². The third kappa shape index (κ3) is 3.78. The van der Waals surface area contributed by atoms with E-state index in [0.717, 1.165) is 18.2 Å². The van der Waals surface area contributed by atoms with E-state index in [1.807, 2.05) is 0 Å². The van der Waals surface area contributed by atoms with Crippen LogP contribution < -0.4 is 0 Å². The second kappa shape index (κ2) is 6.68. The predicted octanol–water partition coefficient (Wildman–Crippen LogP) is 4.11. The molecule has 0 amide bonds. The maximum absolute atomic E-state index is 13.5. The molecule has 9 heteroatoms. The maximum Gasteiger partial charge on any atom is 0.200 e. The van der Waals surface area contributed by atoms with Gasteiger partial charge in [-0.15, -0.1) is 0 Å². The molecule has 0 spiro atoms. The summed E-state index contributed by atoms with van der Waals surface area (Å²) in [6.07, 6.45) is 1.00. The zero-order valence-corrected chi connectivity index (χ0v) is 12.5. The van der Waals surface area contributed by atoms with Crippen LogP contribution in [0.1, 0.15) is 11.1 Å². The molecule has 2 aromatic rings. The van der Waals surface area contributed by atoms with Gasteiger partial charge in [0.15, 0.2) is 33.1 Å². The van der Waals surface area contributed by atoms with Gasteiger partial charge in [-0.25, -0.2) is 34.8 Å². The van der Waals surface area contributed by atoms with Crippen LogP contribution in [-0.4, -0.2) is 8.42 Å². The Morgan fingerprint density at radius 3 is 1.71 bits per heavy atom. The first-order valence-corrected chi connectivity index (χ1v) is 8.00. The van der Waals surface area contributed by atoms with E-state index in [4.69, 9.17) is 0 Å². The van der Waals surface area contributed by atoms with E-state index in [2.05, 4.69) is 0 Å². The molecular weight excluding hydrogens is 358 g/mol. The SMILES string of the molecule is O=S(=O)(C=Cc1ccc(F)cc1)Cc1c(F)c(F)c(F)c(F)c1F. The molecule has 0 unspecified atom stereocenters. The highest BCUT2D eigenvalue weighted by Gasteiger charge is 2.27. The van der Waals surface area contributed by atoms with Gasteiger partial charge < -0.3 is 0 Å². The van der Waals surface area contributed by atoms with Crippen molar-refractivity contribution >= 4 is 15.9 Å². The van der Waals surface area contributed by atoms with Gasteiger partial charge in [0.05, 0.1) is 5.75 Å². The fourth-order valence-corrected chi connectivity index (χ4v) is 2.90. The molecule has 2 rings (SSSR count). The van der Waals surface area contributed by atoms with Crippen LogP contribution in [0.4, 0.5) is 26.3 Å². The Morgan fingerprint density at radius 2 is 1.21 bits per heavy atom. The minimum Gasteiger partial charge on any atom is -0.224 e.